The smallest absolute Gasteiger partial charge is 0.137 e. The van der Waals surface area contributed by atoms with E-state index in [-0.39, 0.29) is 34.5 Å². The second kappa shape index (κ2) is 8.08. The number of aryl methyl sites for hydroxylation is 1. The summed E-state index contributed by atoms with van der Waals surface area (Å²) in [4.78, 5) is 12.4. The van der Waals surface area contributed by atoms with Crippen molar-refractivity contribution in [3.63, 3.8) is 0 Å². The van der Waals surface area contributed by atoms with Gasteiger partial charge in [0, 0.05) is 23.8 Å². The summed E-state index contributed by atoms with van der Waals surface area (Å²) in [5.41, 5.74) is 1.52. The second-order valence-electron chi connectivity index (χ2n) is 9.05. The summed E-state index contributed by atoms with van der Waals surface area (Å²) in [5.74, 6) is 1.05. The van der Waals surface area contributed by atoms with Crippen molar-refractivity contribution in [1.29, 1.82) is 0 Å². The third kappa shape index (κ3) is 3.93. The van der Waals surface area contributed by atoms with Gasteiger partial charge in [0.25, 0.3) is 0 Å². The molecule has 3 atom stereocenters. The van der Waals surface area contributed by atoms with Gasteiger partial charge in [0.05, 0.1) is 0 Å². The Balaban J connectivity index is 1.65. The van der Waals surface area contributed by atoms with Gasteiger partial charge >= 0.3 is 0 Å². The maximum Gasteiger partial charge on any atom is 0.137 e. The summed E-state index contributed by atoms with van der Waals surface area (Å²) in [6.45, 7) is 6.49. The number of hydrogen-bond donors (Lipinski definition) is 2. The number of ketones is 1. The lowest BCUT2D eigenvalue weighted by Gasteiger charge is -2.59. The van der Waals surface area contributed by atoms with Crippen LogP contribution in [0.4, 0.5) is 0 Å². The van der Waals surface area contributed by atoms with E-state index in [4.69, 9.17) is 0 Å². The molecule has 3 unspecified atom stereocenters. The van der Waals surface area contributed by atoms with Gasteiger partial charge in [0.15, 0.2) is 0 Å². The predicted octanol–water partition coefficient (Wildman–Crippen LogP) is 5.89. The van der Waals surface area contributed by atoms with Crippen LogP contribution >= 0.6 is 0 Å². The van der Waals surface area contributed by atoms with Gasteiger partial charge in [-0.05, 0) is 61.1 Å². The molecule has 0 heterocycles. The summed E-state index contributed by atoms with van der Waals surface area (Å²) in [6, 6.07) is 3.58. The van der Waals surface area contributed by atoms with Crippen LogP contribution in [-0.4, -0.2) is 16.0 Å². The first kappa shape index (κ1) is 20.0. The number of phenols is 2. The van der Waals surface area contributed by atoms with E-state index in [1.165, 1.54) is 12.8 Å². The highest BCUT2D eigenvalue weighted by atomic mass is 16.3. The first-order valence-electron chi connectivity index (χ1n) is 10.6. The SMILES string of the molecule is CCCCC=CCCCc1cc(O)c(C2CC(=O)C3CC2C3(C)C)c(O)c1. The van der Waals surface area contributed by atoms with Crippen LogP contribution < -0.4 is 0 Å². The molecule has 0 amide bonds. The number of phenolic OH excluding ortho intramolecular Hbond substituents is 2. The van der Waals surface area contributed by atoms with E-state index in [1.54, 1.807) is 12.1 Å². The molecule has 1 aromatic rings. The number of allylic oxidation sites excluding steroid dienone is 2. The van der Waals surface area contributed by atoms with E-state index in [1.807, 2.05) is 0 Å². The van der Waals surface area contributed by atoms with E-state index in [0.29, 0.717) is 17.9 Å². The van der Waals surface area contributed by atoms with Gasteiger partial charge < -0.3 is 10.2 Å². The maximum absolute atomic E-state index is 12.4. The number of carbonyl (C=O) groups excluding carboxylic acids is 1. The lowest BCUT2D eigenvalue weighted by atomic mass is 9.44. The van der Waals surface area contributed by atoms with Gasteiger partial charge in [0.2, 0.25) is 0 Å². The molecule has 3 aliphatic carbocycles. The average molecular weight is 371 g/mol. The van der Waals surface area contributed by atoms with Crippen LogP contribution in [-0.2, 0) is 11.2 Å². The third-order valence-corrected chi connectivity index (χ3v) is 6.93. The van der Waals surface area contributed by atoms with Crippen LogP contribution in [0.15, 0.2) is 24.3 Å². The highest BCUT2D eigenvalue weighted by molar-refractivity contribution is 5.86. The molecule has 0 aromatic heterocycles. The fraction of sp³-hybridized carbons (Fsp3) is 0.625. The van der Waals surface area contributed by atoms with Gasteiger partial charge in [-0.1, -0.05) is 45.8 Å². The van der Waals surface area contributed by atoms with Gasteiger partial charge in [-0.15, -0.1) is 0 Å². The van der Waals surface area contributed by atoms with E-state index < -0.39 is 0 Å². The van der Waals surface area contributed by atoms with Crippen molar-refractivity contribution in [3.05, 3.63) is 35.4 Å². The van der Waals surface area contributed by atoms with Crippen molar-refractivity contribution in [2.24, 2.45) is 17.3 Å². The maximum atomic E-state index is 12.4. The van der Waals surface area contributed by atoms with Gasteiger partial charge in [0.1, 0.15) is 17.3 Å². The zero-order valence-corrected chi connectivity index (χ0v) is 17.0. The molecule has 1 aromatic carbocycles. The van der Waals surface area contributed by atoms with Crippen LogP contribution in [0.25, 0.3) is 0 Å². The molecule has 0 radical (unpaired) electrons. The molecule has 3 heteroatoms. The molecule has 0 saturated heterocycles. The summed E-state index contributed by atoms with van der Waals surface area (Å²) in [5, 5.41) is 21.3. The Morgan fingerprint density at radius 3 is 2.30 bits per heavy atom. The van der Waals surface area contributed by atoms with Gasteiger partial charge in [-0.2, -0.15) is 0 Å². The van der Waals surface area contributed by atoms with Crippen LogP contribution in [0.3, 0.4) is 0 Å². The van der Waals surface area contributed by atoms with Gasteiger partial charge in [-0.25, -0.2) is 0 Å². The summed E-state index contributed by atoms with van der Waals surface area (Å²) in [6.07, 6.45) is 12.3. The zero-order valence-electron chi connectivity index (χ0n) is 17.0. The average Bonchev–Trinajstić information content (AvgIpc) is 2.59. The monoisotopic (exact) mass is 370 g/mol. The highest BCUT2D eigenvalue weighted by Gasteiger charge is 2.59. The molecule has 148 valence electrons. The van der Waals surface area contributed by atoms with Crippen molar-refractivity contribution < 1.29 is 15.0 Å². The number of aromatic hydroxyl groups is 2. The molecule has 3 saturated carbocycles. The first-order chi connectivity index (χ1) is 12.9. The fourth-order valence-electron chi connectivity index (χ4n) is 5.18. The number of hydrogen-bond acceptors (Lipinski definition) is 3. The molecule has 0 aliphatic heterocycles. The minimum absolute atomic E-state index is 0.0261. The number of benzene rings is 1. The van der Waals surface area contributed by atoms with Crippen LogP contribution in [0.5, 0.6) is 11.5 Å². The lowest BCUT2D eigenvalue weighted by Crippen LogP contribution is -2.56. The molecule has 4 rings (SSSR count). The number of carbonyl (C=O) groups is 1. The van der Waals surface area contributed by atoms with Crippen molar-refractivity contribution in [3.8, 4) is 11.5 Å². The van der Waals surface area contributed by atoms with E-state index in [0.717, 1.165) is 37.7 Å². The van der Waals surface area contributed by atoms with Crippen LogP contribution in [0, 0.1) is 17.3 Å². The van der Waals surface area contributed by atoms with Crippen molar-refractivity contribution in [2.45, 2.75) is 78.1 Å². The number of unbranched alkanes of at least 4 members (excludes halogenated alkanes) is 3. The minimum atomic E-state index is -0.0620. The van der Waals surface area contributed by atoms with Gasteiger partial charge in [-0.3, -0.25) is 4.79 Å². The predicted molar refractivity (Wildman–Crippen MR) is 109 cm³/mol. The molecule has 3 fully saturated rings. The Hall–Kier alpha value is -1.77. The molecule has 3 aliphatic rings. The lowest BCUT2D eigenvalue weighted by molar-refractivity contribution is -0.151. The molecule has 2 N–H and O–H groups in total. The quantitative estimate of drug-likeness (QED) is 0.443. The van der Waals surface area contributed by atoms with Crippen molar-refractivity contribution in [2.75, 3.05) is 0 Å². The Bertz CT molecular complexity index is 693. The van der Waals surface area contributed by atoms with Crippen molar-refractivity contribution in [1.82, 2.24) is 0 Å². The standard InChI is InChI=1S/C24H34O3/c1-4-5-6-7-8-9-10-11-16-12-21(26)23(22(27)13-16)17-14-20(25)19-15-18(17)24(19,2)3/h7-8,12-13,17-19,26-27H,4-6,9-11,14-15H2,1-3H3. The number of Topliss-reactive ketones (excluding diaryl/α,β-unsaturated/α-hetero) is 1. The summed E-state index contributed by atoms with van der Waals surface area (Å²) in [7, 11) is 0. The topological polar surface area (TPSA) is 57.5 Å². The first-order valence-corrected chi connectivity index (χ1v) is 10.6. The Morgan fingerprint density at radius 1 is 1.11 bits per heavy atom. The van der Waals surface area contributed by atoms with E-state index in [9.17, 15) is 15.0 Å². The van der Waals surface area contributed by atoms with Crippen molar-refractivity contribution >= 4 is 5.78 Å². The number of fused-ring (bicyclic) bond motifs is 2. The Labute approximate surface area is 163 Å². The zero-order chi connectivity index (χ0) is 19.6. The highest BCUT2D eigenvalue weighted by Crippen LogP contribution is 2.64. The number of rotatable bonds is 8. The van der Waals surface area contributed by atoms with E-state index in [2.05, 4.69) is 32.9 Å². The third-order valence-electron chi connectivity index (χ3n) is 6.93. The minimum Gasteiger partial charge on any atom is -0.508 e. The van der Waals surface area contributed by atoms with Crippen LogP contribution in [0.2, 0.25) is 0 Å². The normalized spacial score (nSPS) is 26.3. The fourth-order valence-corrected chi connectivity index (χ4v) is 5.18. The molecular formula is C24H34O3. The summed E-state index contributed by atoms with van der Waals surface area (Å²) >= 11 is 0. The summed E-state index contributed by atoms with van der Waals surface area (Å²) < 4.78 is 0. The second-order valence-corrected chi connectivity index (χ2v) is 9.05. The molecule has 2 bridgehead atoms. The molecule has 27 heavy (non-hydrogen) atoms. The largest absolute Gasteiger partial charge is 0.508 e. The van der Waals surface area contributed by atoms with E-state index >= 15 is 0 Å². The Morgan fingerprint density at radius 2 is 1.74 bits per heavy atom. The Kier molecular flexibility index (Phi) is 5.98. The molecule has 3 nitrogen and oxygen atoms in total. The van der Waals surface area contributed by atoms with Crippen LogP contribution in [0.1, 0.15) is 82.8 Å². The molecular weight excluding hydrogens is 336 g/mol. The molecule has 0 spiro atoms.